The Morgan fingerprint density at radius 1 is 1.29 bits per heavy atom. The average Bonchev–Trinajstić information content (AvgIpc) is 2.31. The van der Waals surface area contributed by atoms with Crippen molar-refractivity contribution in [3.63, 3.8) is 0 Å². The summed E-state index contributed by atoms with van der Waals surface area (Å²) in [6, 6.07) is 6.43. The molecule has 0 radical (unpaired) electrons. The molecule has 17 heavy (non-hydrogen) atoms. The van der Waals surface area contributed by atoms with Gasteiger partial charge in [-0.2, -0.15) is 0 Å². The van der Waals surface area contributed by atoms with Crippen LogP contribution in [-0.2, 0) is 26.1 Å². The van der Waals surface area contributed by atoms with E-state index in [0.29, 0.717) is 10.2 Å². The second-order valence-electron chi connectivity index (χ2n) is 3.05. The zero-order valence-corrected chi connectivity index (χ0v) is 10.4. The molecule has 5 nitrogen and oxygen atoms in total. The molecule has 1 aromatic rings. The van der Waals surface area contributed by atoms with Crippen molar-refractivity contribution < 1.29 is 18.1 Å². The number of sulfonamides is 1. The van der Waals surface area contributed by atoms with Gasteiger partial charge >= 0.3 is 0 Å². The molecule has 0 saturated carbocycles. The van der Waals surface area contributed by atoms with Gasteiger partial charge in [-0.05, 0) is 11.6 Å². The van der Waals surface area contributed by atoms with Crippen molar-refractivity contribution in [1.82, 2.24) is 4.63 Å². The van der Waals surface area contributed by atoms with Gasteiger partial charge in [0, 0.05) is 6.42 Å². The minimum atomic E-state index is -3.86. The third-order valence-electron chi connectivity index (χ3n) is 2.04. The lowest BCUT2D eigenvalue weighted by Crippen LogP contribution is -2.29. The monoisotopic (exact) mass is 255 g/mol. The summed E-state index contributed by atoms with van der Waals surface area (Å²) in [5.41, 5.74) is 0.522. The molecular formula is C11H13NO4S. The maximum absolute atomic E-state index is 12.1. The van der Waals surface area contributed by atoms with Crippen LogP contribution in [-0.4, -0.2) is 27.3 Å². The molecule has 1 aromatic carbocycles. The lowest BCUT2D eigenvalue weighted by atomic mass is 10.2. The van der Waals surface area contributed by atoms with E-state index in [9.17, 15) is 8.42 Å². The van der Waals surface area contributed by atoms with E-state index < -0.39 is 10.0 Å². The van der Waals surface area contributed by atoms with Crippen molar-refractivity contribution >= 4 is 10.0 Å². The number of hydrogen-bond acceptors (Lipinski definition) is 4. The lowest BCUT2D eigenvalue weighted by Gasteiger charge is -2.17. The van der Waals surface area contributed by atoms with Gasteiger partial charge in [0.2, 0.25) is 0 Å². The molecule has 0 aromatic heterocycles. The van der Waals surface area contributed by atoms with Gasteiger partial charge in [0.1, 0.15) is 0 Å². The van der Waals surface area contributed by atoms with Crippen LogP contribution in [0.4, 0.5) is 0 Å². The number of benzene rings is 1. The molecule has 0 atom stereocenters. The van der Waals surface area contributed by atoms with Crippen molar-refractivity contribution in [2.45, 2.75) is 11.3 Å². The van der Waals surface area contributed by atoms with E-state index in [2.05, 4.69) is 15.6 Å². The van der Waals surface area contributed by atoms with Gasteiger partial charge in [-0.15, -0.1) is 12.3 Å². The summed E-state index contributed by atoms with van der Waals surface area (Å²) in [5, 5.41) is 0. The fraction of sp³-hybridized carbons (Fsp3) is 0.273. The second-order valence-corrected chi connectivity index (χ2v) is 4.74. The maximum atomic E-state index is 12.1. The smallest absolute Gasteiger partial charge is 0.264 e. The van der Waals surface area contributed by atoms with Crippen molar-refractivity contribution in [2.75, 3.05) is 14.2 Å². The molecule has 0 aliphatic rings. The minimum absolute atomic E-state index is 0.0710. The average molecular weight is 255 g/mol. The van der Waals surface area contributed by atoms with E-state index in [1.165, 1.54) is 20.3 Å². The van der Waals surface area contributed by atoms with Gasteiger partial charge in [0.25, 0.3) is 10.0 Å². The molecule has 0 saturated heterocycles. The van der Waals surface area contributed by atoms with E-state index in [1.54, 1.807) is 18.2 Å². The van der Waals surface area contributed by atoms with Gasteiger partial charge in [-0.1, -0.05) is 18.2 Å². The summed E-state index contributed by atoms with van der Waals surface area (Å²) in [7, 11) is -1.46. The quantitative estimate of drug-likeness (QED) is 0.581. The summed E-state index contributed by atoms with van der Waals surface area (Å²) in [6.07, 6.45) is 5.41. The van der Waals surface area contributed by atoms with Crippen LogP contribution in [0.25, 0.3) is 0 Å². The van der Waals surface area contributed by atoms with Crippen LogP contribution in [0, 0.1) is 12.3 Å². The molecule has 0 amide bonds. The highest BCUT2D eigenvalue weighted by Crippen LogP contribution is 2.20. The van der Waals surface area contributed by atoms with E-state index >= 15 is 0 Å². The lowest BCUT2D eigenvalue weighted by molar-refractivity contribution is -0.270. The minimum Gasteiger partial charge on any atom is -0.264 e. The number of rotatable bonds is 5. The summed E-state index contributed by atoms with van der Waals surface area (Å²) >= 11 is 0. The highest BCUT2D eigenvalue weighted by atomic mass is 32.2. The van der Waals surface area contributed by atoms with Crippen LogP contribution in [0.15, 0.2) is 29.2 Å². The van der Waals surface area contributed by atoms with E-state index in [0.717, 1.165) is 0 Å². The highest BCUT2D eigenvalue weighted by Gasteiger charge is 2.27. The Bertz CT molecular complexity index is 515. The first kappa shape index (κ1) is 13.7. The molecule has 0 aliphatic carbocycles. The molecule has 92 valence electrons. The first-order chi connectivity index (χ1) is 8.07. The van der Waals surface area contributed by atoms with Gasteiger partial charge in [-0.25, -0.2) is 8.42 Å². The standard InChI is InChI=1S/C11H13NO4S/c1-4-7-10-8-5-6-9-11(10)17(13,14)12(15-2)16-3/h1,5-6,8-9H,7H2,2-3H3. The van der Waals surface area contributed by atoms with Gasteiger partial charge in [0.15, 0.2) is 0 Å². The molecule has 0 bridgehead atoms. The molecule has 0 heterocycles. The van der Waals surface area contributed by atoms with Crippen LogP contribution in [0.3, 0.4) is 0 Å². The Morgan fingerprint density at radius 3 is 2.41 bits per heavy atom. The summed E-state index contributed by atoms with van der Waals surface area (Å²) in [6.45, 7) is 0. The Balaban J connectivity index is 3.29. The molecule has 0 fully saturated rings. The maximum Gasteiger partial charge on any atom is 0.289 e. The highest BCUT2D eigenvalue weighted by molar-refractivity contribution is 7.88. The Kier molecular flexibility index (Phi) is 4.66. The Labute approximate surface area is 101 Å². The van der Waals surface area contributed by atoms with Gasteiger partial charge < -0.3 is 0 Å². The SMILES string of the molecule is C#CCc1ccccc1S(=O)(=O)N(OC)OC. The number of hydrogen-bond donors (Lipinski definition) is 0. The molecule has 0 unspecified atom stereocenters. The summed E-state index contributed by atoms with van der Waals surface area (Å²) < 4.78 is 24.6. The predicted molar refractivity (Wildman–Crippen MR) is 62.0 cm³/mol. The molecule has 1 rings (SSSR count). The topological polar surface area (TPSA) is 55.8 Å². The third-order valence-corrected chi connectivity index (χ3v) is 3.68. The first-order valence-electron chi connectivity index (χ1n) is 4.72. The van der Waals surface area contributed by atoms with Crippen LogP contribution in [0.2, 0.25) is 0 Å². The summed E-state index contributed by atoms with van der Waals surface area (Å²) in [5.74, 6) is 2.41. The summed E-state index contributed by atoms with van der Waals surface area (Å²) in [4.78, 5) is 9.32. The fourth-order valence-corrected chi connectivity index (χ4v) is 2.64. The van der Waals surface area contributed by atoms with E-state index in [1.807, 2.05) is 0 Å². The Hall–Kier alpha value is -1.39. The normalized spacial score (nSPS) is 11.4. The molecule has 6 heteroatoms. The molecular weight excluding hydrogens is 242 g/mol. The molecule has 0 spiro atoms. The van der Waals surface area contributed by atoms with Crippen LogP contribution >= 0.6 is 0 Å². The van der Waals surface area contributed by atoms with Crippen LogP contribution in [0.5, 0.6) is 0 Å². The fourth-order valence-electron chi connectivity index (χ4n) is 1.36. The van der Waals surface area contributed by atoms with E-state index in [4.69, 9.17) is 6.42 Å². The van der Waals surface area contributed by atoms with Gasteiger partial charge in [-0.3, -0.25) is 9.68 Å². The van der Waals surface area contributed by atoms with E-state index in [-0.39, 0.29) is 11.3 Å². The zero-order valence-electron chi connectivity index (χ0n) is 9.58. The van der Waals surface area contributed by atoms with Crippen molar-refractivity contribution in [2.24, 2.45) is 0 Å². The Morgan fingerprint density at radius 2 is 1.88 bits per heavy atom. The van der Waals surface area contributed by atoms with Crippen molar-refractivity contribution in [3.05, 3.63) is 29.8 Å². The first-order valence-corrected chi connectivity index (χ1v) is 6.16. The number of terminal acetylenes is 1. The van der Waals surface area contributed by atoms with Crippen molar-refractivity contribution in [3.8, 4) is 12.3 Å². The van der Waals surface area contributed by atoms with Crippen molar-refractivity contribution in [1.29, 1.82) is 0 Å². The number of nitrogens with zero attached hydrogens (tertiary/aromatic N) is 1. The van der Waals surface area contributed by atoms with Crippen LogP contribution < -0.4 is 0 Å². The van der Waals surface area contributed by atoms with Crippen LogP contribution in [0.1, 0.15) is 5.56 Å². The largest absolute Gasteiger partial charge is 0.289 e. The van der Waals surface area contributed by atoms with Gasteiger partial charge in [0.05, 0.1) is 23.7 Å². The second kappa shape index (κ2) is 5.80. The predicted octanol–water partition coefficient (Wildman–Crippen LogP) is 0.976. The third kappa shape index (κ3) is 2.84. The molecule has 0 aliphatic heterocycles. The zero-order chi connectivity index (χ0) is 12.9. The molecule has 0 N–H and O–H groups in total.